The smallest absolute Gasteiger partial charge is 0.125 e. The molecule has 0 bridgehead atoms. The highest BCUT2D eigenvalue weighted by atomic mass is 16.5. The quantitative estimate of drug-likeness (QED) is 0.416. The van der Waals surface area contributed by atoms with Crippen molar-refractivity contribution in [1.82, 2.24) is 9.80 Å². The molecule has 196 valence electrons. The molecule has 0 N–H and O–H groups in total. The standard InChI is InChI=1S/C31H44N2O3/c1-23(2)18-25-6-7-28(31(19-25)35-5)22-36-29-10-11-30-24(3)27(9-8-26(30)20-29)21-33-14-12-32(13-15-33)16-17-34-4/h6-7,10-11,19-20,23H,8-9,12-18,21-22H2,1-5H3. The van der Waals surface area contributed by atoms with E-state index in [1.54, 1.807) is 19.8 Å². The Labute approximate surface area is 218 Å². The predicted molar refractivity (Wildman–Crippen MR) is 148 cm³/mol. The van der Waals surface area contributed by atoms with E-state index in [1.807, 2.05) is 0 Å². The second kappa shape index (κ2) is 12.8. The van der Waals surface area contributed by atoms with E-state index < -0.39 is 0 Å². The number of piperazine rings is 1. The summed E-state index contributed by atoms with van der Waals surface area (Å²) in [6.45, 7) is 14.8. The maximum Gasteiger partial charge on any atom is 0.125 e. The summed E-state index contributed by atoms with van der Waals surface area (Å²) < 4.78 is 17.1. The molecule has 1 fully saturated rings. The van der Waals surface area contributed by atoms with Crippen molar-refractivity contribution in [2.75, 3.05) is 60.1 Å². The van der Waals surface area contributed by atoms with Crippen LogP contribution in [0.5, 0.6) is 11.5 Å². The molecule has 0 spiro atoms. The Bertz CT molecular complexity index is 1040. The number of rotatable bonds is 11. The van der Waals surface area contributed by atoms with Crippen molar-refractivity contribution in [2.45, 2.75) is 46.6 Å². The Morgan fingerprint density at radius 2 is 1.69 bits per heavy atom. The number of nitrogens with zero attached hydrogens (tertiary/aromatic N) is 2. The maximum atomic E-state index is 6.23. The number of allylic oxidation sites excluding steroid dienone is 1. The van der Waals surface area contributed by atoms with Gasteiger partial charge in [0, 0.05) is 51.9 Å². The first-order valence-corrected chi connectivity index (χ1v) is 13.5. The van der Waals surface area contributed by atoms with Gasteiger partial charge in [0.05, 0.1) is 13.7 Å². The number of fused-ring (bicyclic) bond motifs is 1. The highest BCUT2D eigenvalue weighted by Gasteiger charge is 2.22. The van der Waals surface area contributed by atoms with Crippen LogP contribution in [0.3, 0.4) is 0 Å². The van der Waals surface area contributed by atoms with Gasteiger partial charge in [-0.1, -0.05) is 37.6 Å². The van der Waals surface area contributed by atoms with E-state index in [1.165, 1.54) is 22.3 Å². The summed E-state index contributed by atoms with van der Waals surface area (Å²) in [4.78, 5) is 5.12. The van der Waals surface area contributed by atoms with Gasteiger partial charge < -0.3 is 14.2 Å². The van der Waals surface area contributed by atoms with Crippen LogP contribution in [0.15, 0.2) is 42.0 Å². The Morgan fingerprint density at radius 1 is 0.917 bits per heavy atom. The first-order valence-electron chi connectivity index (χ1n) is 13.5. The van der Waals surface area contributed by atoms with Gasteiger partial charge in [-0.15, -0.1) is 0 Å². The predicted octanol–water partition coefficient (Wildman–Crippen LogP) is 5.46. The summed E-state index contributed by atoms with van der Waals surface area (Å²) in [5.41, 5.74) is 8.23. The first kappa shape index (κ1) is 26.7. The normalized spacial score (nSPS) is 16.9. The third-order valence-electron chi connectivity index (χ3n) is 7.59. The number of benzene rings is 2. The van der Waals surface area contributed by atoms with Crippen LogP contribution in [0.25, 0.3) is 5.57 Å². The van der Waals surface area contributed by atoms with Gasteiger partial charge in [-0.05, 0) is 72.6 Å². The molecule has 2 aliphatic rings. The molecule has 0 amide bonds. The van der Waals surface area contributed by atoms with Crippen LogP contribution in [0.1, 0.15) is 49.4 Å². The lowest BCUT2D eigenvalue weighted by molar-refractivity contribution is 0.101. The number of ether oxygens (including phenoxy) is 3. The van der Waals surface area contributed by atoms with E-state index in [9.17, 15) is 0 Å². The van der Waals surface area contributed by atoms with Gasteiger partial charge in [-0.25, -0.2) is 0 Å². The minimum atomic E-state index is 0.514. The Hall–Kier alpha value is -2.34. The maximum absolute atomic E-state index is 6.23. The largest absolute Gasteiger partial charge is 0.496 e. The zero-order chi connectivity index (χ0) is 25.5. The fraction of sp³-hybridized carbons (Fsp3) is 0.548. The van der Waals surface area contributed by atoms with Crippen LogP contribution in [-0.2, 0) is 24.2 Å². The molecule has 5 nitrogen and oxygen atoms in total. The van der Waals surface area contributed by atoms with E-state index in [4.69, 9.17) is 14.2 Å². The van der Waals surface area contributed by atoms with Crippen LogP contribution < -0.4 is 9.47 Å². The van der Waals surface area contributed by atoms with Gasteiger partial charge in [0.2, 0.25) is 0 Å². The number of hydrogen-bond donors (Lipinski definition) is 0. The van der Waals surface area contributed by atoms with E-state index in [0.29, 0.717) is 12.5 Å². The van der Waals surface area contributed by atoms with Crippen molar-refractivity contribution in [2.24, 2.45) is 5.92 Å². The van der Waals surface area contributed by atoms with Gasteiger partial charge in [-0.3, -0.25) is 9.80 Å². The van der Waals surface area contributed by atoms with Gasteiger partial charge >= 0.3 is 0 Å². The van der Waals surface area contributed by atoms with Crippen LogP contribution in [0.2, 0.25) is 0 Å². The summed E-state index contributed by atoms with van der Waals surface area (Å²) in [5, 5.41) is 0. The van der Waals surface area contributed by atoms with Crippen LogP contribution in [-0.4, -0.2) is 69.9 Å². The van der Waals surface area contributed by atoms with Gasteiger partial charge in [0.1, 0.15) is 18.1 Å². The molecule has 2 aromatic rings. The highest BCUT2D eigenvalue weighted by Crippen LogP contribution is 2.34. The number of methoxy groups -OCH3 is 2. The summed E-state index contributed by atoms with van der Waals surface area (Å²) in [6, 6.07) is 13.1. The first-order chi connectivity index (χ1) is 17.5. The SMILES string of the molecule is COCCN1CCN(CC2=C(C)c3ccc(OCc4ccc(CC(C)C)cc4OC)cc3CC2)CC1. The zero-order valence-electron chi connectivity index (χ0n) is 22.9. The fourth-order valence-electron chi connectivity index (χ4n) is 5.42. The van der Waals surface area contributed by atoms with Crippen LogP contribution in [0, 0.1) is 5.92 Å². The van der Waals surface area contributed by atoms with E-state index in [0.717, 1.165) is 82.2 Å². The molecule has 1 heterocycles. The summed E-state index contributed by atoms with van der Waals surface area (Å²) in [5.74, 6) is 2.47. The zero-order valence-corrected chi connectivity index (χ0v) is 22.9. The third-order valence-corrected chi connectivity index (χ3v) is 7.59. The lowest BCUT2D eigenvalue weighted by Crippen LogP contribution is -2.47. The number of hydrogen-bond acceptors (Lipinski definition) is 5. The average Bonchev–Trinajstić information content (AvgIpc) is 2.88. The van der Waals surface area contributed by atoms with Crippen molar-refractivity contribution in [3.05, 3.63) is 64.2 Å². The van der Waals surface area contributed by atoms with E-state index in [2.05, 4.69) is 67.0 Å². The highest BCUT2D eigenvalue weighted by molar-refractivity contribution is 5.72. The monoisotopic (exact) mass is 492 g/mol. The molecule has 36 heavy (non-hydrogen) atoms. The lowest BCUT2D eigenvalue weighted by atomic mass is 9.86. The second-order valence-corrected chi connectivity index (χ2v) is 10.7. The molecule has 0 saturated carbocycles. The van der Waals surface area contributed by atoms with E-state index >= 15 is 0 Å². The van der Waals surface area contributed by atoms with E-state index in [-0.39, 0.29) is 0 Å². The molecule has 1 aliphatic carbocycles. The molecule has 0 atom stereocenters. The molecule has 0 radical (unpaired) electrons. The fourth-order valence-corrected chi connectivity index (χ4v) is 5.42. The Balaban J connectivity index is 1.36. The van der Waals surface area contributed by atoms with Crippen LogP contribution >= 0.6 is 0 Å². The molecule has 4 rings (SSSR count). The van der Waals surface area contributed by atoms with Crippen molar-refractivity contribution < 1.29 is 14.2 Å². The average molecular weight is 493 g/mol. The minimum absolute atomic E-state index is 0.514. The van der Waals surface area contributed by atoms with Crippen molar-refractivity contribution >= 4 is 5.57 Å². The molecule has 2 aromatic carbocycles. The third kappa shape index (κ3) is 6.90. The Kier molecular flexibility index (Phi) is 9.47. The molecule has 1 saturated heterocycles. The molecular formula is C31H44N2O3. The number of aryl methyl sites for hydroxylation is 1. The minimum Gasteiger partial charge on any atom is -0.496 e. The van der Waals surface area contributed by atoms with Crippen LogP contribution in [0.4, 0.5) is 0 Å². The Morgan fingerprint density at radius 3 is 2.42 bits per heavy atom. The molecule has 0 aromatic heterocycles. The van der Waals surface area contributed by atoms with Crippen molar-refractivity contribution in [3.8, 4) is 11.5 Å². The summed E-state index contributed by atoms with van der Waals surface area (Å²) >= 11 is 0. The molecule has 5 heteroatoms. The van der Waals surface area contributed by atoms with Gasteiger partial charge in [0.15, 0.2) is 0 Å². The van der Waals surface area contributed by atoms with Gasteiger partial charge in [-0.2, -0.15) is 0 Å². The molecular weight excluding hydrogens is 448 g/mol. The summed E-state index contributed by atoms with van der Waals surface area (Å²) in [6.07, 6.45) is 3.28. The van der Waals surface area contributed by atoms with Crippen molar-refractivity contribution in [1.29, 1.82) is 0 Å². The second-order valence-electron chi connectivity index (χ2n) is 10.7. The lowest BCUT2D eigenvalue weighted by Gasteiger charge is -2.36. The molecule has 0 unspecified atom stereocenters. The summed E-state index contributed by atoms with van der Waals surface area (Å²) in [7, 11) is 3.52. The topological polar surface area (TPSA) is 34.2 Å². The van der Waals surface area contributed by atoms with Crippen molar-refractivity contribution in [3.63, 3.8) is 0 Å². The molecule has 1 aliphatic heterocycles. The van der Waals surface area contributed by atoms with Gasteiger partial charge in [0.25, 0.3) is 0 Å².